The quantitative estimate of drug-likeness (QED) is 0.570. The summed E-state index contributed by atoms with van der Waals surface area (Å²) in [4.78, 5) is 16.8. The third-order valence-electron chi connectivity index (χ3n) is 4.86. The van der Waals surface area contributed by atoms with Gasteiger partial charge in [0.05, 0.1) is 4.90 Å². The van der Waals surface area contributed by atoms with Gasteiger partial charge in [-0.2, -0.15) is 0 Å². The Balaban J connectivity index is 1.88. The first-order valence-electron chi connectivity index (χ1n) is 9.56. The molecule has 0 aliphatic rings. The molecule has 3 rings (SSSR count). The molecule has 0 fully saturated rings. The molecule has 0 radical (unpaired) electrons. The molecule has 1 atom stereocenters. The summed E-state index contributed by atoms with van der Waals surface area (Å²) in [6, 6.07) is 16.7. The second-order valence-electron chi connectivity index (χ2n) is 7.26. The van der Waals surface area contributed by atoms with E-state index in [1.165, 1.54) is 6.20 Å². The Labute approximate surface area is 182 Å². The molecule has 1 heterocycles. The lowest BCUT2D eigenvalue weighted by Crippen LogP contribution is -2.32. The van der Waals surface area contributed by atoms with E-state index in [4.69, 9.17) is 11.6 Å². The maximum absolute atomic E-state index is 13.4. The van der Waals surface area contributed by atoms with Crippen LogP contribution in [0.15, 0.2) is 78.0 Å². The van der Waals surface area contributed by atoms with E-state index in [1.54, 1.807) is 54.7 Å². The van der Waals surface area contributed by atoms with Crippen molar-refractivity contribution in [3.63, 3.8) is 0 Å². The molecule has 0 spiro atoms. The number of pyridine rings is 1. The van der Waals surface area contributed by atoms with Crippen LogP contribution in [0.1, 0.15) is 46.5 Å². The Morgan fingerprint density at radius 1 is 1.00 bits per heavy atom. The number of benzene rings is 2. The Bertz CT molecular complexity index is 1100. The van der Waals surface area contributed by atoms with Gasteiger partial charge in [0.25, 0.3) is 5.91 Å². The Kier molecular flexibility index (Phi) is 6.90. The molecule has 0 saturated carbocycles. The van der Waals surface area contributed by atoms with Crippen LogP contribution in [0.3, 0.4) is 0 Å². The van der Waals surface area contributed by atoms with Gasteiger partial charge < -0.3 is 5.32 Å². The lowest BCUT2D eigenvalue weighted by atomic mass is 10.0. The topological polar surface area (TPSA) is 76.1 Å². The molecule has 0 saturated heterocycles. The van der Waals surface area contributed by atoms with Gasteiger partial charge in [-0.1, -0.05) is 43.6 Å². The van der Waals surface area contributed by atoms with Crippen molar-refractivity contribution in [1.82, 2.24) is 10.3 Å². The second-order valence-corrected chi connectivity index (χ2v) is 9.83. The number of nitrogens with one attached hydrogen (secondary N) is 1. The zero-order chi connectivity index (χ0) is 21.7. The van der Waals surface area contributed by atoms with Crippen LogP contribution in [0.2, 0.25) is 5.02 Å². The van der Waals surface area contributed by atoms with Crippen molar-refractivity contribution in [2.24, 2.45) is 0 Å². The van der Waals surface area contributed by atoms with E-state index in [0.717, 1.165) is 5.56 Å². The first-order chi connectivity index (χ1) is 14.3. The highest BCUT2D eigenvalue weighted by Crippen LogP contribution is 2.29. The van der Waals surface area contributed by atoms with Crippen LogP contribution < -0.4 is 5.32 Å². The summed E-state index contributed by atoms with van der Waals surface area (Å²) >= 11 is 5.86. The number of hydrogen-bond acceptors (Lipinski definition) is 4. The van der Waals surface area contributed by atoms with Crippen LogP contribution in [0.5, 0.6) is 0 Å². The SMILES string of the molecule is CC(C)c1ccc(S(=O)(=O)C(CNC(=O)c2ccc(Cl)cc2)c2cccnc2)cc1. The summed E-state index contributed by atoms with van der Waals surface area (Å²) in [6.07, 6.45) is 3.09. The molecule has 1 N–H and O–H groups in total. The Morgan fingerprint density at radius 2 is 1.67 bits per heavy atom. The van der Waals surface area contributed by atoms with Crippen molar-refractivity contribution in [3.8, 4) is 0 Å². The fraction of sp³-hybridized carbons (Fsp3) is 0.217. The van der Waals surface area contributed by atoms with E-state index in [1.807, 2.05) is 26.0 Å². The number of rotatable bonds is 7. The zero-order valence-corrected chi connectivity index (χ0v) is 18.3. The van der Waals surface area contributed by atoms with Crippen LogP contribution in [0, 0.1) is 0 Å². The maximum atomic E-state index is 13.4. The van der Waals surface area contributed by atoms with Crippen LogP contribution in [-0.4, -0.2) is 25.9 Å². The smallest absolute Gasteiger partial charge is 0.251 e. The lowest BCUT2D eigenvalue weighted by molar-refractivity contribution is 0.0953. The molecule has 1 amide bonds. The maximum Gasteiger partial charge on any atom is 0.251 e. The molecule has 2 aromatic carbocycles. The van der Waals surface area contributed by atoms with Gasteiger partial charge in [-0.3, -0.25) is 9.78 Å². The van der Waals surface area contributed by atoms with E-state index >= 15 is 0 Å². The van der Waals surface area contributed by atoms with Gasteiger partial charge in [0.15, 0.2) is 9.84 Å². The zero-order valence-electron chi connectivity index (χ0n) is 16.7. The molecule has 3 aromatic rings. The molecule has 1 aromatic heterocycles. The predicted octanol–water partition coefficient (Wildman–Crippen LogP) is 4.80. The van der Waals surface area contributed by atoms with Crippen LogP contribution in [-0.2, 0) is 9.84 Å². The molecule has 1 unspecified atom stereocenters. The standard InChI is InChI=1S/C23H23ClN2O3S/c1-16(2)17-7-11-21(12-8-17)30(28,29)22(19-4-3-13-25-14-19)15-26-23(27)18-5-9-20(24)10-6-18/h3-14,16,22H,15H2,1-2H3,(H,26,27). The van der Waals surface area contributed by atoms with Crippen LogP contribution >= 0.6 is 11.6 Å². The Morgan fingerprint density at radius 3 is 2.23 bits per heavy atom. The number of carbonyl (C=O) groups is 1. The highest BCUT2D eigenvalue weighted by molar-refractivity contribution is 7.91. The van der Waals surface area contributed by atoms with Crippen LogP contribution in [0.25, 0.3) is 0 Å². The van der Waals surface area contributed by atoms with E-state index < -0.39 is 15.1 Å². The molecular formula is C23H23ClN2O3S. The number of nitrogens with zero attached hydrogens (tertiary/aromatic N) is 1. The molecule has 7 heteroatoms. The van der Waals surface area contributed by atoms with Gasteiger partial charge in [0, 0.05) is 29.5 Å². The van der Waals surface area contributed by atoms with E-state index in [2.05, 4.69) is 10.3 Å². The van der Waals surface area contributed by atoms with Gasteiger partial charge in [-0.15, -0.1) is 0 Å². The van der Waals surface area contributed by atoms with Crippen molar-refractivity contribution in [3.05, 3.63) is 94.8 Å². The summed E-state index contributed by atoms with van der Waals surface area (Å²) < 4.78 is 26.8. The number of hydrogen-bond donors (Lipinski definition) is 1. The molecule has 30 heavy (non-hydrogen) atoms. The summed E-state index contributed by atoms with van der Waals surface area (Å²) in [5.74, 6) is -0.0690. The number of aromatic nitrogens is 1. The normalized spacial score (nSPS) is 12.5. The highest BCUT2D eigenvalue weighted by Gasteiger charge is 2.30. The fourth-order valence-corrected chi connectivity index (χ4v) is 4.84. The lowest BCUT2D eigenvalue weighted by Gasteiger charge is -2.19. The number of carbonyl (C=O) groups excluding carboxylic acids is 1. The molecule has 0 aliphatic heterocycles. The van der Waals surface area contributed by atoms with Gasteiger partial charge in [0.2, 0.25) is 0 Å². The molecular weight excluding hydrogens is 420 g/mol. The highest BCUT2D eigenvalue weighted by atomic mass is 35.5. The minimum absolute atomic E-state index is 0.0819. The summed E-state index contributed by atoms with van der Waals surface area (Å²) in [5, 5.41) is 2.29. The average molecular weight is 443 g/mol. The molecule has 156 valence electrons. The molecule has 0 aliphatic carbocycles. The van der Waals surface area contributed by atoms with Crippen molar-refractivity contribution in [1.29, 1.82) is 0 Å². The largest absolute Gasteiger partial charge is 0.350 e. The Hall–Kier alpha value is -2.70. The second kappa shape index (κ2) is 9.41. The summed E-state index contributed by atoms with van der Waals surface area (Å²) in [5.41, 5.74) is 1.98. The van der Waals surface area contributed by atoms with E-state index in [0.29, 0.717) is 22.1 Å². The van der Waals surface area contributed by atoms with E-state index in [9.17, 15) is 13.2 Å². The van der Waals surface area contributed by atoms with Crippen molar-refractivity contribution in [2.75, 3.05) is 6.54 Å². The fourth-order valence-electron chi connectivity index (χ4n) is 3.07. The van der Waals surface area contributed by atoms with Gasteiger partial charge >= 0.3 is 0 Å². The van der Waals surface area contributed by atoms with E-state index in [-0.39, 0.29) is 17.3 Å². The minimum atomic E-state index is -3.76. The molecule has 0 bridgehead atoms. The monoisotopic (exact) mass is 442 g/mol. The number of amides is 1. The third-order valence-corrected chi connectivity index (χ3v) is 7.23. The van der Waals surface area contributed by atoms with Crippen molar-refractivity contribution in [2.45, 2.75) is 29.9 Å². The first kappa shape index (κ1) is 22.0. The third kappa shape index (κ3) is 5.07. The molecule has 5 nitrogen and oxygen atoms in total. The van der Waals surface area contributed by atoms with Crippen LogP contribution in [0.4, 0.5) is 0 Å². The number of halogens is 1. The predicted molar refractivity (Wildman–Crippen MR) is 118 cm³/mol. The van der Waals surface area contributed by atoms with Gasteiger partial charge in [-0.05, 0) is 59.5 Å². The number of sulfone groups is 1. The summed E-state index contributed by atoms with van der Waals surface area (Å²) in [7, 11) is -3.76. The van der Waals surface area contributed by atoms with Crippen molar-refractivity contribution >= 4 is 27.3 Å². The summed E-state index contributed by atoms with van der Waals surface area (Å²) in [6.45, 7) is 4.02. The minimum Gasteiger partial charge on any atom is -0.350 e. The van der Waals surface area contributed by atoms with Gasteiger partial charge in [-0.25, -0.2) is 8.42 Å². The average Bonchev–Trinajstić information content (AvgIpc) is 2.75. The van der Waals surface area contributed by atoms with Crippen molar-refractivity contribution < 1.29 is 13.2 Å². The first-order valence-corrected chi connectivity index (χ1v) is 11.5. The van der Waals surface area contributed by atoms with Gasteiger partial charge in [0.1, 0.15) is 5.25 Å².